The predicted octanol–water partition coefficient (Wildman–Crippen LogP) is 2.89. The number of nitrogens with two attached hydrogens (primary N) is 1. The fourth-order valence-corrected chi connectivity index (χ4v) is 4.48. The molecule has 2 fully saturated rings. The summed E-state index contributed by atoms with van der Waals surface area (Å²) in [5.74, 6) is 4.72. The predicted molar refractivity (Wildman–Crippen MR) is 73.7 cm³/mol. The van der Waals surface area contributed by atoms with Crippen molar-refractivity contribution in [2.24, 2.45) is 11.7 Å². The molecular formula is C14H21NO2S. The van der Waals surface area contributed by atoms with Gasteiger partial charge in [0.15, 0.2) is 0 Å². The highest BCUT2D eigenvalue weighted by Gasteiger charge is 2.42. The molecule has 1 aromatic heterocycles. The van der Waals surface area contributed by atoms with Gasteiger partial charge in [-0.1, -0.05) is 0 Å². The third kappa shape index (κ3) is 2.33. The van der Waals surface area contributed by atoms with E-state index in [4.69, 9.17) is 14.9 Å². The second-order valence-electron chi connectivity index (χ2n) is 5.56. The van der Waals surface area contributed by atoms with Gasteiger partial charge in [-0.15, -0.1) is 0 Å². The summed E-state index contributed by atoms with van der Waals surface area (Å²) in [4.78, 5) is 0. The van der Waals surface area contributed by atoms with Crippen molar-refractivity contribution < 1.29 is 9.15 Å². The Hall–Kier alpha value is -0.450. The molecule has 0 aliphatic carbocycles. The Kier molecular flexibility index (Phi) is 3.43. The van der Waals surface area contributed by atoms with Crippen LogP contribution in [0.15, 0.2) is 16.5 Å². The van der Waals surface area contributed by atoms with Crippen LogP contribution in [0.2, 0.25) is 0 Å². The first kappa shape index (κ1) is 12.6. The van der Waals surface area contributed by atoms with E-state index in [0.717, 1.165) is 36.7 Å². The molecule has 1 aromatic rings. The summed E-state index contributed by atoms with van der Waals surface area (Å²) in [6.45, 7) is 2.81. The van der Waals surface area contributed by atoms with Gasteiger partial charge < -0.3 is 14.9 Å². The Bertz CT molecular complexity index is 412. The summed E-state index contributed by atoms with van der Waals surface area (Å²) in [5, 5.41) is 0. The highest BCUT2D eigenvalue weighted by atomic mass is 32.2. The lowest BCUT2D eigenvalue weighted by molar-refractivity contribution is -0.0843. The SMILES string of the molecule is Cc1ccc(C(N)C2CCOC3(CCSC3)C2)o1. The van der Waals surface area contributed by atoms with Crippen molar-refractivity contribution >= 4 is 11.8 Å². The Morgan fingerprint density at radius 1 is 1.50 bits per heavy atom. The van der Waals surface area contributed by atoms with Gasteiger partial charge >= 0.3 is 0 Å². The molecule has 3 unspecified atom stereocenters. The molecule has 2 aliphatic rings. The van der Waals surface area contributed by atoms with Crippen LogP contribution in [0.3, 0.4) is 0 Å². The summed E-state index contributed by atoms with van der Waals surface area (Å²) >= 11 is 2.00. The fraction of sp³-hybridized carbons (Fsp3) is 0.714. The monoisotopic (exact) mass is 267 g/mol. The minimum atomic E-state index is 0.0186. The first-order chi connectivity index (χ1) is 8.69. The van der Waals surface area contributed by atoms with E-state index in [2.05, 4.69) is 0 Å². The van der Waals surface area contributed by atoms with Gasteiger partial charge in [-0.2, -0.15) is 11.8 Å². The summed E-state index contributed by atoms with van der Waals surface area (Å²) < 4.78 is 11.7. The van der Waals surface area contributed by atoms with Crippen LogP contribution >= 0.6 is 11.8 Å². The van der Waals surface area contributed by atoms with Crippen molar-refractivity contribution in [3.63, 3.8) is 0 Å². The van der Waals surface area contributed by atoms with Crippen LogP contribution in [0.25, 0.3) is 0 Å². The number of ether oxygens (including phenoxy) is 1. The van der Waals surface area contributed by atoms with E-state index >= 15 is 0 Å². The van der Waals surface area contributed by atoms with E-state index in [1.165, 1.54) is 12.2 Å². The zero-order chi connectivity index (χ0) is 12.6. The maximum atomic E-state index is 6.38. The zero-order valence-electron chi connectivity index (χ0n) is 10.9. The van der Waals surface area contributed by atoms with Crippen LogP contribution in [0.5, 0.6) is 0 Å². The Morgan fingerprint density at radius 2 is 2.39 bits per heavy atom. The second-order valence-corrected chi connectivity index (χ2v) is 6.67. The third-order valence-electron chi connectivity index (χ3n) is 4.20. The Morgan fingerprint density at radius 3 is 3.06 bits per heavy atom. The van der Waals surface area contributed by atoms with Gasteiger partial charge in [0.25, 0.3) is 0 Å². The summed E-state index contributed by atoms with van der Waals surface area (Å²) in [7, 11) is 0. The lowest BCUT2D eigenvalue weighted by atomic mass is 9.81. The molecule has 3 heterocycles. The molecule has 0 aromatic carbocycles. The molecule has 3 atom stereocenters. The summed E-state index contributed by atoms with van der Waals surface area (Å²) in [6, 6.07) is 4.03. The van der Waals surface area contributed by atoms with Crippen LogP contribution in [0.4, 0.5) is 0 Å². The van der Waals surface area contributed by atoms with E-state index < -0.39 is 0 Å². The minimum Gasteiger partial charge on any atom is -0.465 e. The molecule has 3 rings (SSSR count). The first-order valence-electron chi connectivity index (χ1n) is 6.72. The number of aryl methyl sites for hydroxylation is 1. The Labute approximate surface area is 112 Å². The van der Waals surface area contributed by atoms with Gasteiger partial charge in [-0.05, 0) is 50.0 Å². The minimum absolute atomic E-state index is 0.0186. The standard InChI is InChI=1S/C14H21NO2S/c1-10-2-3-12(17-10)13(15)11-4-6-16-14(8-11)5-7-18-9-14/h2-3,11,13H,4-9,15H2,1H3. The third-order valence-corrected chi connectivity index (χ3v) is 5.42. The molecule has 0 radical (unpaired) electrons. The van der Waals surface area contributed by atoms with Gasteiger partial charge in [-0.3, -0.25) is 0 Å². The Balaban J connectivity index is 1.72. The molecule has 4 heteroatoms. The number of rotatable bonds is 2. The summed E-state index contributed by atoms with van der Waals surface area (Å²) in [5.41, 5.74) is 6.48. The zero-order valence-corrected chi connectivity index (χ0v) is 11.7. The van der Waals surface area contributed by atoms with Crippen molar-refractivity contribution in [1.29, 1.82) is 0 Å². The molecule has 2 saturated heterocycles. The first-order valence-corrected chi connectivity index (χ1v) is 7.88. The van der Waals surface area contributed by atoms with Crippen molar-refractivity contribution in [1.82, 2.24) is 0 Å². The molecule has 0 amide bonds. The lowest BCUT2D eigenvalue weighted by Crippen LogP contribution is -2.42. The van der Waals surface area contributed by atoms with Crippen molar-refractivity contribution in [3.05, 3.63) is 23.7 Å². The largest absolute Gasteiger partial charge is 0.465 e. The topological polar surface area (TPSA) is 48.4 Å². The molecule has 100 valence electrons. The highest BCUT2D eigenvalue weighted by molar-refractivity contribution is 7.99. The number of hydrogen-bond acceptors (Lipinski definition) is 4. The van der Waals surface area contributed by atoms with Crippen LogP contribution in [0, 0.1) is 12.8 Å². The molecule has 0 saturated carbocycles. The van der Waals surface area contributed by atoms with Gasteiger partial charge in [0.05, 0.1) is 11.6 Å². The average molecular weight is 267 g/mol. The van der Waals surface area contributed by atoms with Crippen LogP contribution in [0.1, 0.15) is 36.8 Å². The van der Waals surface area contributed by atoms with Gasteiger partial charge in [0.2, 0.25) is 0 Å². The molecular weight excluding hydrogens is 246 g/mol. The van der Waals surface area contributed by atoms with Crippen molar-refractivity contribution in [2.45, 2.75) is 37.8 Å². The number of thioether (sulfide) groups is 1. The van der Waals surface area contributed by atoms with Gasteiger partial charge in [-0.25, -0.2) is 0 Å². The van der Waals surface area contributed by atoms with Gasteiger partial charge in [0.1, 0.15) is 11.5 Å². The van der Waals surface area contributed by atoms with Gasteiger partial charge in [0, 0.05) is 12.4 Å². The maximum Gasteiger partial charge on any atom is 0.121 e. The fourth-order valence-electron chi connectivity index (χ4n) is 3.10. The van der Waals surface area contributed by atoms with Crippen molar-refractivity contribution in [3.8, 4) is 0 Å². The molecule has 0 bridgehead atoms. The number of hydrogen-bond donors (Lipinski definition) is 1. The van der Waals surface area contributed by atoms with Crippen LogP contribution < -0.4 is 5.73 Å². The van der Waals surface area contributed by atoms with E-state index in [-0.39, 0.29) is 11.6 Å². The maximum absolute atomic E-state index is 6.38. The molecule has 2 aliphatic heterocycles. The van der Waals surface area contributed by atoms with E-state index in [1.54, 1.807) is 0 Å². The average Bonchev–Trinajstić information content (AvgIpc) is 2.98. The summed E-state index contributed by atoms with van der Waals surface area (Å²) in [6.07, 6.45) is 3.31. The van der Waals surface area contributed by atoms with E-state index in [1.807, 2.05) is 30.8 Å². The smallest absolute Gasteiger partial charge is 0.121 e. The van der Waals surface area contributed by atoms with E-state index in [0.29, 0.717) is 5.92 Å². The normalized spacial score (nSPS) is 34.0. The molecule has 2 N–H and O–H groups in total. The van der Waals surface area contributed by atoms with Crippen LogP contribution in [-0.2, 0) is 4.74 Å². The molecule has 3 nitrogen and oxygen atoms in total. The highest BCUT2D eigenvalue weighted by Crippen LogP contribution is 2.43. The quantitative estimate of drug-likeness (QED) is 0.895. The van der Waals surface area contributed by atoms with Crippen molar-refractivity contribution in [2.75, 3.05) is 18.1 Å². The second kappa shape index (κ2) is 4.91. The van der Waals surface area contributed by atoms with E-state index in [9.17, 15) is 0 Å². The lowest BCUT2D eigenvalue weighted by Gasteiger charge is -2.39. The van der Waals surface area contributed by atoms with Crippen LogP contribution in [-0.4, -0.2) is 23.7 Å². The molecule has 1 spiro atoms. The molecule has 18 heavy (non-hydrogen) atoms. The number of furan rings is 1.